The van der Waals surface area contributed by atoms with E-state index in [4.69, 9.17) is 0 Å². The molecule has 8 nitrogen and oxygen atoms in total. The second-order valence-corrected chi connectivity index (χ2v) is 8.42. The SMILES string of the molecule is CC(c1cccc(C(F)(F)F)c1)N1C(=O)c2ccccc2C1(O)c1ccc2nc(NC(=O)[O-])[nH]c2c1. The first-order valence-electron chi connectivity index (χ1n) is 10.8. The number of aliphatic hydroxyl groups is 1. The Kier molecular flexibility index (Phi) is 5.25. The van der Waals surface area contributed by atoms with Crippen LogP contribution in [0.2, 0.25) is 0 Å². The van der Waals surface area contributed by atoms with Crippen LogP contribution in [0.15, 0.2) is 66.7 Å². The normalized spacial score (nSPS) is 18.4. The van der Waals surface area contributed by atoms with E-state index >= 15 is 0 Å². The number of hydrogen-bond acceptors (Lipinski definition) is 5. The lowest BCUT2D eigenvalue weighted by atomic mass is 9.92. The Morgan fingerprint density at radius 2 is 1.89 bits per heavy atom. The highest BCUT2D eigenvalue weighted by atomic mass is 19.4. The molecule has 0 spiro atoms. The van der Waals surface area contributed by atoms with Crippen molar-refractivity contribution in [1.82, 2.24) is 14.9 Å². The van der Waals surface area contributed by atoms with Crippen molar-refractivity contribution in [1.29, 1.82) is 0 Å². The first-order valence-corrected chi connectivity index (χ1v) is 10.8. The van der Waals surface area contributed by atoms with Crippen LogP contribution in [-0.2, 0) is 11.9 Å². The van der Waals surface area contributed by atoms with E-state index in [0.29, 0.717) is 11.0 Å². The van der Waals surface area contributed by atoms with E-state index in [1.165, 1.54) is 36.4 Å². The van der Waals surface area contributed by atoms with Crippen LogP contribution >= 0.6 is 0 Å². The molecule has 4 aromatic rings. The number of aromatic nitrogens is 2. The predicted octanol–water partition coefficient (Wildman–Crippen LogP) is 3.75. The molecule has 1 aromatic heterocycles. The van der Waals surface area contributed by atoms with Gasteiger partial charge in [0.15, 0.2) is 5.72 Å². The largest absolute Gasteiger partial charge is 0.530 e. The van der Waals surface area contributed by atoms with Crippen molar-refractivity contribution < 1.29 is 33.0 Å². The molecule has 2 atom stereocenters. The number of carboxylic acid groups (broad SMARTS) is 1. The highest BCUT2D eigenvalue weighted by Gasteiger charge is 2.52. The maximum Gasteiger partial charge on any atom is 0.416 e. The lowest BCUT2D eigenvalue weighted by molar-refractivity contribution is -0.242. The number of benzene rings is 3. The number of amides is 2. The number of nitrogens with one attached hydrogen (secondary N) is 2. The zero-order valence-electron chi connectivity index (χ0n) is 18.6. The van der Waals surface area contributed by atoms with Crippen molar-refractivity contribution in [3.63, 3.8) is 0 Å². The summed E-state index contributed by atoms with van der Waals surface area (Å²) < 4.78 is 40.1. The van der Waals surface area contributed by atoms with Crippen molar-refractivity contribution in [2.45, 2.75) is 24.9 Å². The summed E-state index contributed by atoms with van der Waals surface area (Å²) in [5, 5.41) is 25.0. The summed E-state index contributed by atoms with van der Waals surface area (Å²) >= 11 is 0. The fraction of sp³-hybridized carbons (Fsp3) is 0.160. The predicted molar refractivity (Wildman–Crippen MR) is 121 cm³/mol. The molecule has 3 aromatic carbocycles. The van der Waals surface area contributed by atoms with Crippen LogP contribution < -0.4 is 10.4 Å². The number of H-pyrrole nitrogens is 1. The van der Waals surface area contributed by atoms with E-state index in [-0.39, 0.29) is 28.2 Å². The first kappa shape index (κ1) is 23.4. The minimum Gasteiger partial charge on any atom is -0.530 e. The summed E-state index contributed by atoms with van der Waals surface area (Å²) in [7, 11) is 0. The number of halogens is 3. The van der Waals surface area contributed by atoms with E-state index in [1.54, 1.807) is 25.1 Å². The summed E-state index contributed by atoms with van der Waals surface area (Å²) in [6.45, 7) is 1.54. The van der Waals surface area contributed by atoms with Crippen molar-refractivity contribution in [2.75, 3.05) is 5.32 Å². The number of alkyl halides is 3. The Morgan fingerprint density at radius 1 is 1.14 bits per heavy atom. The standard InChI is InChI=1S/C25H19F3N4O4/c1-13(14-5-4-6-16(11-14)25(26,27)28)32-21(33)17-7-2-3-8-18(17)24(32,36)15-9-10-19-20(12-15)30-22(29-19)31-23(34)35/h2-13,36H,1H3,(H,34,35)(H2,29,30,31)/p-1. The molecule has 1 aliphatic rings. The Bertz CT molecular complexity index is 1520. The van der Waals surface area contributed by atoms with Gasteiger partial charge in [0.1, 0.15) is 6.09 Å². The molecule has 36 heavy (non-hydrogen) atoms. The van der Waals surface area contributed by atoms with Gasteiger partial charge < -0.3 is 25.3 Å². The third-order valence-corrected chi connectivity index (χ3v) is 6.29. The van der Waals surface area contributed by atoms with E-state index in [2.05, 4.69) is 9.97 Å². The molecule has 0 saturated heterocycles. The third-order valence-electron chi connectivity index (χ3n) is 6.29. The van der Waals surface area contributed by atoms with Crippen LogP contribution in [-0.4, -0.2) is 32.0 Å². The molecule has 5 rings (SSSR count). The van der Waals surface area contributed by atoms with Crippen LogP contribution in [0.25, 0.3) is 11.0 Å². The molecule has 2 amide bonds. The minimum absolute atomic E-state index is 0.0915. The average Bonchev–Trinajstić information content (AvgIpc) is 3.33. The van der Waals surface area contributed by atoms with Gasteiger partial charge >= 0.3 is 6.18 Å². The van der Waals surface area contributed by atoms with E-state index in [0.717, 1.165) is 17.0 Å². The fourth-order valence-electron chi connectivity index (χ4n) is 4.64. The van der Waals surface area contributed by atoms with Crippen LogP contribution in [0, 0.1) is 0 Å². The summed E-state index contributed by atoms with van der Waals surface area (Å²) in [4.78, 5) is 32.3. The van der Waals surface area contributed by atoms with Gasteiger partial charge in [-0.05, 0) is 42.8 Å². The maximum atomic E-state index is 13.5. The molecule has 2 heterocycles. The first-order chi connectivity index (χ1) is 17.0. The second-order valence-electron chi connectivity index (χ2n) is 8.42. The smallest absolute Gasteiger partial charge is 0.416 e. The number of imidazole rings is 1. The van der Waals surface area contributed by atoms with Gasteiger partial charge in [0, 0.05) is 16.7 Å². The molecule has 0 saturated carbocycles. The number of carbonyl (C=O) groups is 2. The lowest BCUT2D eigenvalue weighted by Gasteiger charge is -2.39. The number of fused-ring (bicyclic) bond motifs is 2. The molecule has 1 aliphatic heterocycles. The van der Waals surface area contributed by atoms with Crippen LogP contribution in [0.1, 0.15) is 45.6 Å². The van der Waals surface area contributed by atoms with Gasteiger partial charge in [-0.2, -0.15) is 13.2 Å². The zero-order valence-corrected chi connectivity index (χ0v) is 18.6. The van der Waals surface area contributed by atoms with Crippen LogP contribution in [0.4, 0.5) is 23.9 Å². The lowest BCUT2D eigenvalue weighted by Crippen LogP contribution is -2.46. The van der Waals surface area contributed by atoms with E-state index < -0.39 is 35.5 Å². The van der Waals surface area contributed by atoms with Crippen molar-refractivity contribution in [3.05, 3.63) is 94.5 Å². The van der Waals surface area contributed by atoms with Crippen LogP contribution in [0.3, 0.4) is 0 Å². The third kappa shape index (κ3) is 3.64. The Morgan fingerprint density at radius 3 is 2.61 bits per heavy atom. The van der Waals surface area contributed by atoms with Crippen molar-refractivity contribution in [3.8, 4) is 0 Å². The van der Waals surface area contributed by atoms with Crippen molar-refractivity contribution >= 4 is 29.0 Å². The molecular formula is C25H18F3N4O4-. The van der Waals surface area contributed by atoms with Crippen molar-refractivity contribution in [2.24, 2.45) is 0 Å². The number of carbonyl (C=O) groups excluding carboxylic acids is 2. The number of hydrogen-bond donors (Lipinski definition) is 3. The monoisotopic (exact) mass is 495 g/mol. The number of nitrogens with zero attached hydrogens (tertiary/aromatic N) is 2. The number of aromatic amines is 1. The van der Waals surface area contributed by atoms with Gasteiger partial charge in [0.05, 0.1) is 22.6 Å². The summed E-state index contributed by atoms with van der Waals surface area (Å²) in [5.41, 5.74) is -1.28. The molecule has 184 valence electrons. The Hall–Kier alpha value is -4.38. The topological polar surface area (TPSA) is 121 Å². The van der Waals surface area contributed by atoms with Gasteiger partial charge in [0.25, 0.3) is 5.91 Å². The molecule has 3 N–H and O–H groups in total. The van der Waals surface area contributed by atoms with E-state index in [9.17, 15) is 33.0 Å². The Labute approximate surface area is 202 Å². The second kappa shape index (κ2) is 8.09. The molecule has 0 radical (unpaired) electrons. The average molecular weight is 495 g/mol. The summed E-state index contributed by atoms with van der Waals surface area (Å²) in [6.07, 6.45) is -6.14. The van der Waals surface area contributed by atoms with Gasteiger partial charge in [-0.15, -0.1) is 0 Å². The van der Waals surface area contributed by atoms with Crippen LogP contribution in [0.5, 0.6) is 0 Å². The minimum atomic E-state index is -4.58. The van der Waals surface area contributed by atoms with Gasteiger partial charge in [-0.25, -0.2) is 4.98 Å². The highest BCUT2D eigenvalue weighted by Crippen LogP contribution is 2.47. The maximum absolute atomic E-state index is 13.5. The summed E-state index contributed by atoms with van der Waals surface area (Å²) in [6, 6.07) is 14.6. The number of rotatable bonds is 4. The van der Waals surface area contributed by atoms with Gasteiger partial charge in [0.2, 0.25) is 5.95 Å². The molecule has 2 unspecified atom stereocenters. The molecular weight excluding hydrogens is 477 g/mol. The fourth-order valence-corrected chi connectivity index (χ4v) is 4.64. The highest BCUT2D eigenvalue weighted by molar-refractivity contribution is 6.01. The van der Waals surface area contributed by atoms with Gasteiger partial charge in [-0.3, -0.25) is 9.69 Å². The Balaban J connectivity index is 1.65. The molecule has 0 fully saturated rings. The molecule has 11 heteroatoms. The quantitative estimate of drug-likeness (QED) is 0.398. The molecule has 0 aliphatic carbocycles. The number of anilines is 1. The van der Waals surface area contributed by atoms with E-state index in [1.807, 2.05) is 5.32 Å². The van der Waals surface area contributed by atoms with Gasteiger partial charge in [-0.1, -0.05) is 36.4 Å². The summed E-state index contributed by atoms with van der Waals surface area (Å²) in [5.74, 6) is -0.645. The molecule has 0 bridgehead atoms. The zero-order chi connectivity index (χ0) is 25.8.